The fraction of sp³-hybridized carbons (Fsp3) is 0. The Balaban J connectivity index is 2.07. The molecule has 2 aromatic carbocycles. The van der Waals surface area contributed by atoms with E-state index in [2.05, 4.69) is 4.98 Å². The van der Waals surface area contributed by atoms with Crippen molar-refractivity contribution in [2.45, 2.75) is 0 Å². The molecule has 0 radical (unpaired) electrons. The third kappa shape index (κ3) is 2.83. The zero-order valence-electron chi connectivity index (χ0n) is 11.9. The van der Waals surface area contributed by atoms with Crippen LogP contribution in [0.15, 0.2) is 66.9 Å². The predicted molar refractivity (Wildman–Crippen MR) is 88.6 cm³/mol. The molecule has 0 aliphatic rings. The van der Waals surface area contributed by atoms with Crippen molar-refractivity contribution < 1.29 is 9.90 Å². The highest BCUT2D eigenvalue weighted by atomic mass is 16.4. The Kier molecular flexibility index (Phi) is 3.88. The number of nitrogens with one attached hydrogen (secondary N) is 1. The molecule has 0 amide bonds. The minimum atomic E-state index is -0.932. The molecular weight excluding hydrogens is 274 g/mol. The number of carboxylic acid groups (broad SMARTS) is 1. The second-order valence-electron chi connectivity index (χ2n) is 4.90. The van der Waals surface area contributed by atoms with E-state index >= 15 is 0 Å². The fourth-order valence-corrected chi connectivity index (χ4v) is 2.42. The second-order valence-corrected chi connectivity index (χ2v) is 4.90. The minimum Gasteiger partial charge on any atom is -0.478 e. The molecule has 108 valence electrons. The summed E-state index contributed by atoms with van der Waals surface area (Å²) < 4.78 is 0. The van der Waals surface area contributed by atoms with Gasteiger partial charge in [-0.3, -0.25) is 0 Å². The summed E-state index contributed by atoms with van der Waals surface area (Å²) in [5.41, 5.74) is 3.50. The molecule has 1 aromatic heterocycles. The Morgan fingerprint density at radius 3 is 2.41 bits per heavy atom. The lowest BCUT2D eigenvalue weighted by Gasteiger charge is -2.08. The van der Waals surface area contributed by atoms with E-state index in [9.17, 15) is 9.90 Å². The summed E-state index contributed by atoms with van der Waals surface area (Å²) in [6.07, 6.45) is 5.54. The summed E-state index contributed by atoms with van der Waals surface area (Å²) in [6.45, 7) is 0. The molecule has 0 unspecified atom stereocenters. The molecular formula is C19H15NO2. The van der Waals surface area contributed by atoms with Crippen LogP contribution in [0.4, 0.5) is 0 Å². The number of rotatable bonds is 4. The maximum Gasteiger partial charge on any atom is 0.336 e. The van der Waals surface area contributed by atoms with Crippen LogP contribution in [0.5, 0.6) is 0 Å². The molecule has 0 aliphatic heterocycles. The maximum atomic E-state index is 11.7. The van der Waals surface area contributed by atoms with Crippen molar-refractivity contribution in [3.05, 3.63) is 83.6 Å². The quantitative estimate of drug-likeness (QED) is 0.692. The van der Waals surface area contributed by atoms with Crippen LogP contribution in [-0.4, -0.2) is 16.1 Å². The molecule has 3 aromatic rings. The van der Waals surface area contributed by atoms with Gasteiger partial charge in [0.05, 0.1) is 5.56 Å². The third-order valence-corrected chi connectivity index (χ3v) is 3.45. The zero-order valence-corrected chi connectivity index (χ0v) is 11.9. The van der Waals surface area contributed by atoms with Gasteiger partial charge < -0.3 is 10.1 Å². The van der Waals surface area contributed by atoms with Crippen molar-refractivity contribution >= 4 is 18.1 Å². The van der Waals surface area contributed by atoms with Crippen LogP contribution in [0.3, 0.4) is 0 Å². The lowest BCUT2D eigenvalue weighted by atomic mass is 9.98. The number of aromatic nitrogens is 1. The molecule has 0 bridgehead atoms. The van der Waals surface area contributed by atoms with Gasteiger partial charge in [0.2, 0.25) is 0 Å². The highest BCUT2D eigenvalue weighted by molar-refractivity contribution is 6.00. The highest BCUT2D eigenvalue weighted by Gasteiger charge is 2.15. The van der Waals surface area contributed by atoms with Gasteiger partial charge >= 0.3 is 5.97 Å². The van der Waals surface area contributed by atoms with Gasteiger partial charge in [-0.1, -0.05) is 60.7 Å². The van der Waals surface area contributed by atoms with Crippen molar-refractivity contribution in [1.29, 1.82) is 0 Å². The van der Waals surface area contributed by atoms with Crippen LogP contribution in [0.2, 0.25) is 0 Å². The average molecular weight is 289 g/mol. The maximum absolute atomic E-state index is 11.7. The SMILES string of the molecule is O=C(O)c1c(C=Cc2ccccc2)cccc1-c1ccc[nH]1. The zero-order chi connectivity index (χ0) is 15.4. The standard InChI is InChI=1S/C19H15NO2/c21-19(22)18-15(12-11-14-6-2-1-3-7-14)8-4-9-16(18)17-10-5-13-20-17/h1-13,20H,(H,21,22). The molecule has 0 aliphatic carbocycles. The van der Waals surface area contributed by atoms with Crippen molar-refractivity contribution in [3.8, 4) is 11.3 Å². The van der Waals surface area contributed by atoms with Crippen LogP contribution in [0, 0.1) is 0 Å². The second kappa shape index (κ2) is 6.14. The summed E-state index contributed by atoms with van der Waals surface area (Å²) in [4.78, 5) is 14.8. The Hall–Kier alpha value is -3.07. The summed E-state index contributed by atoms with van der Waals surface area (Å²) >= 11 is 0. The first kappa shape index (κ1) is 13.9. The van der Waals surface area contributed by atoms with E-state index in [-0.39, 0.29) is 0 Å². The van der Waals surface area contributed by atoms with E-state index in [0.29, 0.717) is 16.7 Å². The molecule has 2 N–H and O–H groups in total. The number of benzene rings is 2. The average Bonchev–Trinajstić information content (AvgIpc) is 3.07. The lowest BCUT2D eigenvalue weighted by Crippen LogP contribution is -2.02. The van der Waals surface area contributed by atoms with E-state index in [1.807, 2.05) is 72.8 Å². The molecule has 0 atom stereocenters. The van der Waals surface area contributed by atoms with Gasteiger partial charge in [0.15, 0.2) is 0 Å². The molecule has 0 saturated heterocycles. The number of carbonyl (C=O) groups is 1. The normalized spacial score (nSPS) is 10.9. The van der Waals surface area contributed by atoms with Crippen LogP contribution in [0.1, 0.15) is 21.5 Å². The third-order valence-electron chi connectivity index (χ3n) is 3.45. The number of H-pyrrole nitrogens is 1. The number of aromatic carboxylic acids is 1. The number of hydrogen-bond acceptors (Lipinski definition) is 1. The van der Waals surface area contributed by atoms with Gasteiger partial charge in [0, 0.05) is 17.5 Å². The van der Waals surface area contributed by atoms with E-state index in [1.165, 1.54) is 0 Å². The van der Waals surface area contributed by atoms with E-state index in [0.717, 1.165) is 11.3 Å². The predicted octanol–water partition coefficient (Wildman–Crippen LogP) is 4.55. The molecule has 0 spiro atoms. The molecule has 1 heterocycles. The first-order chi connectivity index (χ1) is 10.8. The van der Waals surface area contributed by atoms with Crippen LogP contribution in [0.25, 0.3) is 23.4 Å². The van der Waals surface area contributed by atoms with Crippen molar-refractivity contribution in [2.75, 3.05) is 0 Å². The summed E-state index contributed by atoms with van der Waals surface area (Å²) in [6, 6.07) is 19.0. The van der Waals surface area contributed by atoms with Gasteiger partial charge in [-0.05, 0) is 23.3 Å². The fourth-order valence-electron chi connectivity index (χ4n) is 2.42. The Morgan fingerprint density at radius 1 is 0.909 bits per heavy atom. The monoisotopic (exact) mass is 289 g/mol. The number of aromatic amines is 1. The van der Waals surface area contributed by atoms with Gasteiger partial charge in [-0.25, -0.2) is 4.79 Å². The lowest BCUT2D eigenvalue weighted by molar-refractivity contribution is 0.0697. The van der Waals surface area contributed by atoms with Crippen molar-refractivity contribution in [3.63, 3.8) is 0 Å². The van der Waals surface area contributed by atoms with Crippen LogP contribution < -0.4 is 0 Å². The van der Waals surface area contributed by atoms with Gasteiger partial charge in [-0.2, -0.15) is 0 Å². The first-order valence-electron chi connectivity index (χ1n) is 6.99. The van der Waals surface area contributed by atoms with Crippen LogP contribution in [-0.2, 0) is 0 Å². The smallest absolute Gasteiger partial charge is 0.336 e. The van der Waals surface area contributed by atoms with Gasteiger partial charge in [-0.15, -0.1) is 0 Å². The summed E-state index contributed by atoms with van der Waals surface area (Å²) in [7, 11) is 0. The van der Waals surface area contributed by atoms with E-state index in [1.54, 1.807) is 6.20 Å². The first-order valence-corrected chi connectivity index (χ1v) is 6.99. The largest absolute Gasteiger partial charge is 0.478 e. The van der Waals surface area contributed by atoms with Crippen molar-refractivity contribution in [2.24, 2.45) is 0 Å². The molecule has 0 fully saturated rings. The molecule has 0 saturated carbocycles. The van der Waals surface area contributed by atoms with Gasteiger partial charge in [0.1, 0.15) is 0 Å². The van der Waals surface area contributed by atoms with Gasteiger partial charge in [0.25, 0.3) is 0 Å². The topological polar surface area (TPSA) is 53.1 Å². The Bertz CT molecular complexity index is 803. The summed E-state index contributed by atoms with van der Waals surface area (Å²) in [5.74, 6) is -0.932. The van der Waals surface area contributed by atoms with E-state index < -0.39 is 5.97 Å². The molecule has 3 heteroatoms. The highest BCUT2D eigenvalue weighted by Crippen LogP contribution is 2.26. The van der Waals surface area contributed by atoms with Crippen molar-refractivity contribution in [1.82, 2.24) is 4.98 Å². The Morgan fingerprint density at radius 2 is 1.73 bits per heavy atom. The molecule has 3 nitrogen and oxygen atoms in total. The van der Waals surface area contributed by atoms with Crippen LogP contribution >= 0.6 is 0 Å². The number of carboxylic acids is 1. The molecule has 3 rings (SSSR count). The van der Waals surface area contributed by atoms with E-state index in [4.69, 9.17) is 0 Å². The Labute approximate surface area is 128 Å². The molecule has 22 heavy (non-hydrogen) atoms. The summed E-state index contributed by atoms with van der Waals surface area (Å²) in [5, 5.41) is 9.59. The minimum absolute atomic E-state index is 0.303. The number of hydrogen-bond donors (Lipinski definition) is 2.